The lowest BCUT2D eigenvalue weighted by atomic mass is 10.1. The van der Waals surface area contributed by atoms with E-state index in [-0.39, 0.29) is 24.4 Å². The van der Waals surface area contributed by atoms with Crippen LogP contribution in [0.15, 0.2) is 24.3 Å². The number of ether oxygens (including phenoxy) is 1. The lowest BCUT2D eigenvalue weighted by molar-refractivity contribution is -0.150. The monoisotopic (exact) mass is 261 g/mol. The normalized spacial score (nSPS) is 20.7. The first-order chi connectivity index (χ1) is 9.08. The summed E-state index contributed by atoms with van der Waals surface area (Å²) in [7, 11) is 0. The molecule has 102 valence electrons. The fraction of sp³-hybridized carbons (Fsp3) is 0.467. The van der Waals surface area contributed by atoms with Crippen LogP contribution in [0.4, 0.5) is 0 Å². The Labute approximate surface area is 113 Å². The molecule has 1 aliphatic rings. The summed E-state index contributed by atoms with van der Waals surface area (Å²) in [5, 5.41) is 2.75. The van der Waals surface area contributed by atoms with Crippen LogP contribution in [-0.2, 0) is 20.9 Å². The molecule has 0 bridgehead atoms. The second-order valence-corrected chi connectivity index (χ2v) is 5.13. The molecule has 2 rings (SSSR count). The Balaban J connectivity index is 1.70. The number of esters is 1. The SMILES string of the molecule is Cc1ccccc1CNC(=O)COC(=O)[C@H]1C[C@H]1C. The number of hydrogen-bond donors (Lipinski definition) is 1. The average Bonchev–Trinajstić information content (AvgIpc) is 3.12. The Hall–Kier alpha value is -1.84. The topological polar surface area (TPSA) is 55.4 Å². The Morgan fingerprint density at radius 1 is 1.37 bits per heavy atom. The van der Waals surface area contributed by atoms with Crippen molar-refractivity contribution in [3.05, 3.63) is 35.4 Å². The first-order valence-electron chi connectivity index (χ1n) is 6.55. The van der Waals surface area contributed by atoms with Gasteiger partial charge in [-0.2, -0.15) is 0 Å². The summed E-state index contributed by atoms with van der Waals surface area (Å²) < 4.78 is 4.97. The molecule has 2 atom stereocenters. The van der Waals surface area contributed by atoms with Gasteiger partial charge in [0.25, 0.3) is 5.91 Å². The highest BCUT2D eigenvalue weighted by Crippen LogP contribution is 2.38. The van der Waals surface area contributed by atoms with Crippen LogP contribution in [-0.4, -0.2) is 18.5 Å². The molecule has 0 unspecified atom stereocenters. The summed E-state index contributed by atoms with van der Waals surface area (Å²) in [6.45, 7) is 4.27. The number of carbonyl (C=O) groups is 2. The third-order valence-corrected chi connectivity index (χ3v) is 3.50. The van der Waals surface area contributed by atoms with Crippen LogP contribution in [0.5, 0.6) is 0 Å². The maximum atomic E-state index is 11.6. The van der Waals surface area contributed by atoms with E-state index in [9.17, 15) is 9.59 Å². The van der Waals surface area contributed by atoms with Crippen molar-refractivity contribution in [3.8, 4) is 0 Å². The summed E-state index contributed by atoms with van der Waals surface area (Å²) in [6.07, 6.45) is 0.879. The quantitative estimate of drug-likeness (QED) is 0.822. The number of nitrogens with one attached hydrogen (secondary N) is 1. The van der Waals surface area contributed by atoms with Gasteiger partial charge in [0, 0.05) is 6.54 Å². The van der Waals surface area contributed by atoms with Crippen molar-refractivity contribution in [1.82, 2.24) is 5.32 Å². The minimum atomic E-state index is -0.259. The van der Waals surface area contributed by atoms with Crippen LogP contribution >= 0.6 is 0 Å². The maximum absolute atomic E-state index is 11.6. The van der Waals surface area contributed by atoms with Crippen LogP contribution in [0.25, 0.3) is 0 Å². The smallest absolute Gasteiger partial charge is 0.309 e. The van der Waals surface area contributed by atoms with E-state index in [4.69, 9.17) is 4.74 Å². The van der Waals surface area contributed by atoms with E-state index in [1.807, 2.05) is 38.1 Å². The van der Waals surface area contributed by atoms with Crippen LogP contribution in [0.1, 0.15) is 24.5 Å². The van der Waals surface area contributed by atoms with Crippen molar-refractivity contribution in [3.63, 3.8) is 0 Å². The summed E-state index contributed by atoms with van der Waals surface area (Å²) >= 11 is 0. The number of carbonyl (C=O) groups excluding carboxylic acids is 2. The molecule has 0 saturated heterocycles. The molecule has 0 aliphatic heterocycles. The van der Waals surface area contributed by atoms with Gasteiger partial charge >= 0.3 is 5.97 Å². The van der Waals surface area contributed by atoms with Crippen LogP contribution in [0, 0.1) is 18.8 Å². The van der Waals surface area contributed by atoms with Crippen molar-refractivity contribution in [2.75, 3.05) is 6.61 Å². The van der Waals surface area contributed by atoms with Gasteiger partial charge in [-0.25, -0.2) is 0 Å². The van der Waals surface area contributed by atoms with Gasteiger partial charge in [0.2, 0.25) is 0 Å². The molecule has 1 aromatic carbocycles. The lowest BCUT2D eigenvalue weighted by Gasteiger charge is -2.08. The van der Waals surface area contributed by atoms with Crippen LogP contribution in [0.2, 0.25) is 0 Å². The number of hydrogen-bond acceptors (Lipinski definition) is 3. The van der Waals surface area contributed by atoms with E-state index in [1.165, 1.54) is 0 Å². The van der Waals surface area contributed by atoms with Crippen molar-refractivity contribution >= 4 is 11.9 Å². The highest BCUT2D eigenvalue weighted by Gasteiger charge is 2.40. The largest absolute Gasteiger partial charge is 0.455 e. The predicted octanol–water partition coefficient (Wildman–Crippen LogP) is 1.81. The molecule has 0 aromatic heterocycles. The maximum Gasteiger partial charge on any atom is 0.309 e. The standard InChI is InChI=1S/C15H19NO3/c1-10-5-3-4-6-12(10)8-16-14(17)9-19-15(18)13-7-11(13)2/h3-6,11,13H,7-9H2,1-2H3,(H,16,17)/t11-,13+/m1/s1. The molecule has 1 saturated carbocycles. The van der Waals surface area contributed by atoms with Gasteiger partial charge in [-0.1, -0.05) is 31.2 Å². The molecule has 1 aliphatic carbocycles. The van der Waals surface area contributed by atoms with E-state index >= 15 is 0 Å². The van der Waals surface area contributed by atoms with Gasteiger partial charge in [0.1, 0.15) is 0 Å². The second kappa shape index (κ2) is 5.87. The van der Waals surface area contributed by atoms with E-state index in [1.54, 1.807) is 0 Å². The zero-order valence-corrected chi connectivity index (χ0v) is 11.3. The zero-order chi connectivity index (χ0) is 13.8. The highest BCUT2D eigenvalue weighted by atomic mass is 16.5. The summed E-state index contributed by atoms with van der Waals surface area (Å²) in [5.74, 6) is -0.102. The van der Waals surface area contributed by atoms with Gasteiger partial charge in [0.15, 0.2) is 6.61 Å². The first kappa shape index (κ1) is 13.6. The molecule has 4 heteroatoms. The summed E-state index contributed by atoms with van der Waals surface area (Å²) in [4.78, 5) is 23.0. The van der Waals surface area contributed by atoms with E-state index in [0.717, 1.165) is 17.5 Å². The number of benzene rings is 1. The zero-order valence-electron chi connectivity index (χ0n) is 11.3. The summed E-state index contributed by atoms with van der Waals surface area (Å²) in [5.41, 5.74) is 2.20. The minimum absolute atomic E-state index is 0.00386. The Kier molecular flexibility index (Phi) is 4.20. The first-order valence-corrected chi connectivity index (χ1v) is 6.55. The van der Waals surface area contributed by atoms with E-state index < -0.39 is 0 Å². The molecule has 0 radical (unpaired) electrons. The van der Waals surface area contributed by atoms with E-state index in [0.29, 0.717) is 12.5 Å². The summed E-state index contributed by atoms with van der Waals surface area (Å²) in [6, 6.07) is 7.85. The van der Waals surface area contributed by atoms with Crippen LogP contribution < -0.4 is 5.32 Å². The molecule has 1 aromatic rings. The average molecular weight is 261 g/mol. The molecule has 19 heavy (non-hydrogen) atoms. The molecule has 4 nitrogen and oxygen atoms in total. The lowest BCUT2D eigenvalue weighted by Crippen LogP contribution is -2.29. The molecule has 1 amide bonds. The van der Waals surface area contributed by atoms with Crippen LogP contribution in [0.3, 0.4) is 0 Å². The van der Waals surface area contributed by atoms with E-state index in [2.05, 4.69) is 5.32 Å². The minimum Gasteiger partial charge on any atom is -0.455 e. The van der Waals surface area contributed by atoms with Crippen molar-refractivity contribution in [2.24, 2.45) is 11.8 Å². The third kappa shape index (κ3) is 3.81. The van der Waals surface area contributed by atoms with Gasteiger partial charge in [-0.3, -0.25) is 9.59 Å². The molecular weight excluding hydrogens is 242 g/mol. The number of rotatable bonds is 5. The van der Waals surface area contributed by atoms with Gasteiger partial charge in [-0.05, 0) is 30.4 Å². The van der Waals surface area contributed by atoms with Crippen molar-refractivity contribution in [1.29, 1.82) is 0 Å². The Bertz CT molecular complexity index is 484. The molecule has 1 N–H and O–H groups in total. The molecule has 0 heterocycles. The molecular formula is C15H19NO3. The Morgan fingerprint density at radius 3 is 2.68 bits per heavy atom. The fourth-order valence-corrected chi connectivity index (χ4v) is 1.95. The second-order valence-electron chi connectivity index (χ2n) is 5.13. The molecule has 0 spiro atoms. The predicted molar refractivity (Wildman–Crippen MR) is 71.3 cm³/mol. The number of amides is 1. The fourth-order valence-electron chi connectivity index (χ4n) is 1.95. The third-order valence-electron chi connectivity index (χ3n) is 3.50. The van der Waals surface area contributed by atoms with Crippen molar-refractivity contribution < 1.29 is 14.3 Å². The van der Waals surface area contributed by atoms with Gasteiger partial charge in [-0.15, -0.1) is 0 Å². The Morgan fingerprint density at radius 2 is 2.05 bits per heavy atom. The van der Waals surface area contributed by atoms with Crippen molar-refractivity contribution in [2.45, 2.75) is 26.8 Å². The van der Waals surface area contributed by atoms with Gasteiger partial charge < -0.3 is 10.1 Å². The number of aryl methyl sites for hydroxylation is 1. The van der Waals surface area contributed by atoms with Gasteiger partial charge in [0.05, 0.1) is 5.92 Å². The molecule has 1 fully saturated rings. The highest BCUT2D eigenvalue weighted by molar-refractivity contribution is 5.82.